The van der Waals surface area contributed by atoms with E-state index in [9.17, 15) is 20.0 Å². The molecule has 0 saturated carbocycles. The number of benzene rings is 1. The Morgan fingerprint density at radius 1 is 1.47 bits per heavy atom. The number of hydrogen-bond acceptors (Lipinski definition) is 4. The maximum atomic E-state index is 11.0. The molecule has 0 unspecified atom stereocenters. The third-order valence-corrected chi connectivity index (χ3v) is 3.08. The van der Waals surface area contributed by atoms with Crippen LogP contribution in [0, 0.1) is 15.5 Å². The SMILES string of the molecule is CC[C@@](C)(C=O)[C@@H](O)c1ccc([N+](=O)[O-])cc1. The van der Waals surface area contributed by atoms with Gasteiger partial charge in [0.1, 0.15) is 6.29 Å². The van der Waals surface area contributed by atoms with Crippen molar-refractivity contribution >= 4 is 12.0 Å². The molecule has 0 radical (unpaired) electrons. The summed E-state index contributed by atoms with van der Waals surface area (Å²) in [6, 6.07) is 5.58. The topological polar surface area (TPSA) is 80.4 Å². The van der Waals surface area contributed by atoms with Crippen LogP contribution in [0.25, 0.3) is 0 Å². The summed E-state index contributed by atoms with van der Waals surface area (Å²) >= 11 is 0. The van der Waals surface area contributed by atoms with E-state index in [2.05, 4.69) is 0 Å². The molecule has 17 heavy (non-hydrogen) atoms. The van der Waals surface area contributed by atoms with Crippen molar-refractivity contribution in [2.45, 2.75) is 26.4 Å². The van der Waals surface area contributed by atoms with Crippen LogP contribution < -0.4 is 0 Å². The van der Waals surface area contributed by atoms with Gasteiger partial charge in [-0.2, -0.15) is 0 Å². The van der Waals surface area contributed by atoms with Crippen LogP contribution in [0.4, 0.5) is 5.69 Å². The maximum Gasteiger partial charge on any atom is 0.269 e. The highest BCUT2D eigenvalue weighted by atomic mass is 16.6. The molecule has 0 amide bonds. The monoisotopic (exact) mass is 237 g/mol. The fourth-order valence-corrected chi connectivity index (χ4v) is 1.50. The highest BCUT2D eigenvalue weighted by molar-refractivity contribution is 5.60. The summed E-state index contributed by atoms with van der Waals surface area (Å²) in [6.07, 6.45) is 0.263. The van der Waals surface area contributed by atoms with Gasteiger partial charge in [-0.15, -0.1) is 0 Å². The number of nitro benzene ring substituents is 1. The van der Waals surface area contributed by atoms with Gasteiger partial charge in [0, 0.05) is 12.1 Å². The first-order valence-corrected chi connectivity index (χ1v) is 5.33. The zero-order chi connectivity index (χ0) is 13.1. The van der Waals surface area contributed by atoms with Crippen LogP contribution in [-0.4, -0.2) is 16.3 Å². The number of hydrogen-bond donors (Lipinski definition) is 1. The molecule has 0 bridgehead atoms. The second kappa shape index (κ2) is 5.05. The largest absolute Gasteiger partial charge is 0.387 e. The number of non-ortho nitro benzene ring substituents is 1. The first kappa shape index (κ1) is 13.3. The summed E-state index contributed by atoms with van der Waals surface area (Å²) in [4.78, 5) is 21.0. The number of aldehydes is 1. The first-order valence-electron chi connectivity index (χ1n) is 5.33. The van der Waals surface area contributed by atoms with Gasteiger partial charge in [0.25, 0.3) is 5.69 Å². The van der Waals surface area contributed by atoms with E-state index in [-0.39, 0.29) is 5.69 Å². The van der Waals surface area contributed by atoms with Gasteiger partial charge in [-0.25, -0.2) is 0 Å². The highest BCUT2D eigenvalue weighted by Crippen LogP contribution is 2.35. The molecule has 0 heterocycles. The Balaban J connectivity index is 3.01. The Morgan fingerprint density at radius 3 is 2.35 bits per heavy atom. The Kier molecular flexibility index (Phi) is 3.96. The van der Waals surface area contributed by atoms with Crippen molar-refractivity contribution in [3.05, 3.63) is 39.9 Å². The van der Waals surface area contributed by atoms with E-state index in [0.717, 1.165) is 6.29 Å². The summed E-state index contributed by atoms with van der Waals surface area (Å²) in [5.74, 6) is 0. The quantitative estimate of drug-likeness (QED) is 0.483. The molecule has 0 spiro atoms. The Labute approximate surface area is 99.2 Å². The standard InChI is InChI=1S/C12H15NO4/c1-3-12(2,8-14)11(15)9-4-6-10(7-5-9)13(16)17/h4-8,11,15H,3H2,1-2H3/t11-,12-/m0/s1. The van der Waals surface area contributed by atoms with Crippen LogP contribution in [-0.2, 0) is 4.79 Å². The molecule has 92 valence electrons. The molecule has 0 saturated heterocycles. The lowest BCUT2D eigenvalue weighted by molar-refractivity contribution is -0.384. The highest BCUT2D eigenvalue weighted by Gasteiger charge is 2.32. The third kappa shape index (κ3) is 2.68. The summed E-state index contributed by atoms with van der Waals surface area (Å²) in [7, 11) is 0. The van der Waals surface area contributed by atoms with Crippen molar-refractivity contribution in [2.75, 3.05) is 0 Å². The molecule has 0 aliphatic carbocycles. The average molecular weight is 237 g/mol. The molecule has 2 atom stereocenters. The van der Waals surface area contributed by atoms with E-state index in [1.165, 1.54) is 24.3 Å². The summed E-state index contributed by atoms with van der Waals surface area (Å²) in [5.41, 5.74) is -0.395. The van der Waals surface area contributed by atoms with Crippen LogP contribution in [0.15, 0.2) is 24.3 Å². The lowest BCUT2D eigenvalue weighted by Gasteiger charge is -2.27. The minimum absolute atomic E-state index is 0.0368. The van der Waals surface area contributed by atoms with Gasteiger partial charge < -0.3 is 9.90 Å². The summed E-state index contributed by atoms with van der Waals surface area (Å²) < 4.78 is 0. The Morgan fingerprint density at radius 2 is 2.00 bits per heavy atom. The number of carbonyl (C=O) groups is 1. The summed E-state index contributed by atoms with van der Waals surface area (Å²) in [5, 5.41) is 20.5. The molecule has 5 nitrogen and oxygen atoms in total. The van der Waals surface area contributed by atoms with Crippen LogP contribution >= 0.6 is 0 Å². The Bertz CT molecular complexity index is 415. The molecule has 1 rings (SSSR count). The lowest BCUT2D eigenvalue weighted by atomic mass is 9.80. The van der Waals surface area contributed by atoms with E-state index in [0.29, 0.717) is 12.0 Å². The predicted molar refractivity (Wildman–Crippen MR) is 62.5 cm³/mol. The zero-order valence-electron chi connectivity index (χ0n) is 9.79. The van der Waals surface area contributed by atoms with Crippen molar-refractivity contribution < 1.29 is 14.8 Å². The van der Waals surface area contributed by atoms with Crippen molar-refractivity contribution in [1.29, 1.82) is 0 Å². The number of aliphatic hydroxyl groups is 1. The molecule has 5 heteroatoms. The number of nitrogens with zero attached hydrogens (tertiary/aromatic N) is 1. The molecule has 0 aromatic heterocycles. The van der Waals surface area contributed by atoms with Crippen LogP contribution in [0.1, 0.15) is 31.9 Å². The van der Waals surface area contributed by atoms with E-state index >= 15 is 0 Å². The van der Waals surface area contributed by atoms with Crippen molar-refractivity contribution in [3.63, 3.8) is 0 Å². The van der Waals surface area contributed by atoms with Gasteiger partial charge in [0.15, 0.2) is 0 Å². The van der Waals surface area contributed by atoms with Crippen LogP contribution in [0.3, 0.4) is 0 Å². The van der Waals surface area contributed by atoms with Gasteiger partial charge in [-0.3, -0.25) is 10.1 Å². The van der Waals surface area contributed by atoms with Crippen LogP contribution in [0.2, 0.25) is 0 Å². The molecule has 0 fully saturated rings. The number of carbonyl (C=O) groups excluding carboxylic acids is 1. The fourth-order valence-electron chi connectivity index (χ4n) is 1.50. The average Bonchev–Trinajstić information content (AvgIpc) is 2.37. The minimum Gasteiger partial charge on any atom is -0.387 e. The second-order valence-corrected chi connectivity index (χ2v) is 4.23. The number of rotatable bonds is 5. The van der Waals surface area contributed by atoms with E-state index in [4.69, 9.17) is 0 Å². The van der Waals surface area contributed by atoms with E-state index in [1.54, 1.807) is 6.92 Å². The van der Waals surface area contributed by atoms with E-state index in [1.807, 2.05) is 6.92 Å². The summed E-state index contributed by atoms with van der Waals surface area (Å²) in [6.45, 7) is 3.47. The molecular formula is C12H15NO4. The van der Waals surface area contributed by atoms with Crippen molar-refractivity contribution in [1.82, 2.24) is 0 Å². The Hall–Kier alpha value is -1.75. The minimum atomic E-state index is -0.953. The zero-order valence-corrected chi connectivity index (χ0v) is 9.79. The van der Waals surface area contributed by atoms with Gasteiger partial charge in [-0.05, 0) is 24.1 Å². The normalized spacial score (nSPS) is 15.9. The number of aliphatic hydroxyl groups excluding tert-OH is 1. The number of nitro groups is 1. The fraction of sp³-hybridized carbons (Fsp3) is 0.417. The molecular weight excluding hydrogens is 222 g/mol. The lowest BCUT2D eigenvalue weighted by Crippen LogP contribution is -2.26. The van der Waals surface area contributed by atoms with Gasteiger partial charge in [0.05, 0.1) is 16.4 Å². The second-order valence-electron chi connectivity index (χ2n) is 4.23. The predicted octanol–water partition coefficient (Wildman–Crippen LogP) is 2.24. The van der Waals surface area contributed by atoms with Gasteiger partial charge >= 0.3 is 0 Å². The van der Waals surface area contributed by atoms with Crippen molar-refractivity contribution in [3.8, 4) is 0 Å². The van der Waals surface area contributed by atoms with Crippen molar-refractivity contribution in [2.24, 2.45) is 5.41 Å². The molecule has 1 aromatic rings. The molecule has 0 aliphatic rings. The van der Waals surface area contributed by atoms with Gasteiger partial charge in [0.2, 0.25) is 0 Å². The van der Waals surface area contributed by atoms with Gasteiger partial charge in [-0.1, -0.05) is 13.8 Å². The van der Waals surface area contributed by atoms with E-state index < -0.39 is 16.4 Å². The molecule has 0 aliphatic heterocycles. The first-order chi connectivity index (χ1) is 7.94. The van der Waals surface area contributed by atoms with Crippen LogP contribution in [0.5, 0.6) is 0 Å². The third-order valence-electron chi connectivity index (χ3n) is 3.08. The molecule has 1 aromatic carbocycles. The maximum absolute atomic E-state index is 11.0. The molecule has 1 N–H and O–H groups in total. The smallest absolute Gasteiger partial charge is 0.269 e.